The third kappa shape index (κ3) is 20.0. The quantitative estimate of drug-likeness (QED) is 0.0228. The Morgan fingerprint density at radius 2 is 0.906 bits per heavy atom. The third-order valence-corrected chi connectivity index (χ3v) is 10.4. The summed E-state index contributed by atoms with van der Waals surface area (Å²) in [6, 6.07) is 32.5. The molecule has 2 aliphatic rings. The van der Waals surface area contributed by atoms with Crippen molar-refractivity contribution >= 4 is 0 Å². The zero-order valence-corrected chi connectivity index (χ0v) is 39.2. The maximum Gasteiger partial charge on any atom is 0.119 e. The van der Waals surface area contributed by atoms with Gasteiger partial charge in [-0.05, 0) is 83.6 Å². The van der Waals surface area contributed by atoms with Gasteiger partial charge in [-0.15, -0.1) is 13.2 Å². The van der Waals surface area contributed by atoms with E-state index in [9.17, 15) is 5.11 Å². The molecule has 12 nitrogen and oxygen atoms in total. The first-order chi connectivity index (χ1) is 30.8. The lowest BCUT2D eigenvalue weighted by Gasteiger charge is -2.26. The molecule has 352 valence electrons. The molecular formula is C52H72O12. The molecule has 12 heteroatoms. The highest BCUT2D eigenvalue weighted by atomic mass is 17.2. The molecule has 4 atom stereocenters. The summed E-state index contributed by atoms with van der Waals surface area (Å²) < 4.78 is 31.8. The molecule has 0 spiro atoms. The minimum Gasteiger partial charge on any atom is -0.497 e. The van der Waals surface area contributed by atoms with Crippen LogP contribution in [0.1, 0.15) is 76.6 Å². The van der Waals surface area contributed by atoms with Crippen LogP contribution in [0.2, 0.25) is 0 Å². The van der Waals surface area contributed by atoms with Gasteiger partial charge >= 0.3 is 0 Å². The predicted octanol–water partition coefficient (Wildman–Crippen LogP) is 9.38. The van der Waals surface area contributed by atoms with E-state index in [-0.39, 0.29) is 43.4 Å². The Labute approximate surface area is 381 Å². The van der Waals surface area contributed by atoms with E-state index in [0.29, 0.717) is 31.5 Å². The smallest absolute Gasteiger partial charge is 0.119 e. The number of aliphatic hydroxyl groups is 2. The van der Waals surface area contributed by atoms with Crippen LogP contribution in [0.15, 0.2) is 122 Å². The molecule has 2 fully saturated rings. The molecule has 0 aromatic heterocycles. The molecule has 0 aliphatic carbocycles. The summed E-state index contributed by atoms with van der Waals surface area (Å²) in [6.45, 7) is 23.2. The minimum atomic E-state index is -0.773. The van der Waals surface area contributed by atoms with Crippen molar-refractivity contribution < 1.29 is 58.2 Å². The maximum absolute atomic E-state index is 9.82. The lowest BCUT2D eigenvalue weighted by Crippen LogP contribution is -2.23. The van der Waals surface area contributed by atoms with E-state index in [1.807, 2.05) is 67.6 Å². The van der Waals surface area contributed by atoms with Crippen LogP contribution in [0.4, 0.5) is 0 Å². The van der Waals surface area contributed by atoms with Gasteiger partial charge in [0, 0.05) is 10.8 Å². The second-order valence-electron chi connectivity index (χ2n) is 16.1. The zero-order valence-electron chi connectivity index (χ0n) is 39.2. The van der Waals surface area contributed by atoms with Gasteiger partial charge in [-0.3, -0.25) is 0 Å². The number of hydrogen-bond acceptors (Lipinski definition) is 12. The van der Waals surface area contributed by atoms with Crippen molar-refractivity contribution in [3.05, 3.63) is 145 Å². The van der Waals surface area contributed by atoms with Gasteiger partial charge in [0.1, 0.15) is 74.8 Å². The van der Waals surface area contributed by atoms with Crippen LogP contribution in [0.25, 0.3) is 0 Å². The Kier molecular flexibility index (Phi) is 24.2. The Hall–Kier alpha value is -4.76. The van der Waals surface area contributed by atoms with Crippen molar-refractivity contribution in [1.29, 1.82) is 0 Å². The lowest BCUT2D eigenvalue weighted by atomic mass is 9.78. The molecule has 2 heterocycles. The summed E-state index contributed by atoms with van der Waals surface area (Å²) in [5.74, 6) is 3.31. The van der Waals surface area contributed by atoms with Crippen LogP contribution >= 0.6 is 0 Å². The highest BCUT2D eigenvalue weighted by Gasteiger charge is 2.26. The van der Waals surface area contributed by atoms with E-state index in [1.165, 1.54) is 28.7 Å². The first-order valence-electron chi connectivity index (χ1n) is 21.9. The monoisotopic (exact) mass is 889 g/mol. The van der Waals surface area contributed by atoms with Crippen LogP contribution < -0.4 is 18.9 Å². The Morgan fingerprint density at radius 1 is 0.547 bits per heavy atom. The van der Waals surface area contributed by atoms with E-state index >= 15 is 0 Å². The molecule has 0 radical (unpaired) electrons. The topological polar surface area (TPSA) is 139 Å². The molecule has 6 rings (SSSR count). The molecule has 2 N–H and O–H groups in total. The fourth-order valence-electron chi connectivity index (χ4n) is 5.75. The highest BCUT2D eigenvalue weighted by molar-refractivity contribution is 5.43. The van der Waals surface area contributed by atoms with Crippen molar-refractivity contribution in [3.8, 4) is 23.0 Å². The van der Waals surface area contributed by atoms with Crippen LogP contribution in [0.5, 0.6) is 23.0 Å². The minimum absolute atomic E-state index is 0.0381. The molecule has 4 aromatic rings. The van der Waals surface area contributed by atoms with Crippen LogP contribution in [-0.2, 0) is 39.9 Å². The van der Waals surface area contributed by atoms with Gasteiger partial charge in [0.2, 0.25) is 0 Å². The van der Waals surface area contributed by atoms with Crippen molar-refractivity contribution in [2.75, 3.05) is 67.1 Å². The number of methoxy groups -OCH3 is 2. The van der Waals surface area contributed by atoms with Crippen molar-refractivity contribution in [3.63, 3.8) is 0 Å². The fraction of sp³-hybridized carbons (Fsp3) is 0.462. The molecule has 64 heavy (non-hydrogen) atoms. The Bertz CT molecular complexity index is 1840. The summed E-state index contributed by atoms with van der Waals surface area (Å²) >= 11 is 0. The zero-order chi connectivity index (χ0) is 46.8. The first-order valence-corrected chi connectivity index (χ1v) is 21.9. The molecule has 0 saturated carbocycles. The summed E-state index contributed by atoms with van der Waals surface area (Å²) in [5.41, 5.74) is 4.66. The number of benzene rings is 4. The number of aliphatic hydroxyl groups excluding tert-OH is 2. The van der Waals surface area contributed by atoms with Gasteiger partial charge in [-0.1, -0.05) is 102 Å². The maximum atomic E-state index is 9.82. The standard InChI is InChI=1S/C22H28O5.C19H22O3.C7H14O3.C4H8O/c1-5-14-26-27-16-19(23)15-25-21-12-8-18(9-13-21)22(2,3)17-6-10-20(24-4)11-7-17;1-19(2,14-4-8-16(20-3)9-5-14)15-6-10-17(11-7-15)21-12-18-13-22-18;1-3-5-9-10-6-7(8)4-2;1-2-4-3-5-4/h5-13,19,23H,1,14-16H2,2-4H3;4-11,18H,12-13H2,1-3H3;3,7-8H,1,4-6H2,2H3;4H,2-3H2,1H3. The predicted molar refractivity (Wildman–Crippen MR) is 250 cm³/mol. The molecular weight excluding hydrogens is 817 g/mol. The second kappa shape index (κ2) is 28.9. The van der Waals surface area contributed by atoms with Gasteiger partial charge < -0.3 is 38.6 Å². The van der Waals surface area contributed by atoms with Gasteiger partial charge in [0.15, 0.2) is 0 Å². The summed E-state index contributed by atoms with van der Waals surface area (Å²) in [7, 11) is 3.35. The largest absolute Gasteiger partial charge is 0.497 e. The van der Waals surface area contributed by atoms with Crippen molar-refractivity contribution in [2.45, 2.75) is 89.6 Å². The summed E-state index contributed by atoms with van der Waals surface area (Å²) in [5, 5.41) is 18.7. The van der Waals surface area contributed by atoms with Crippen LogP contribution in [-0.4, -0.2) is 102 Å². The second-order valence-corrected chi connectivity index (χ2v) is 16.1. The normalized spacial score (nSPS) is 15.8. The van der Waals surface area contributed by atoms with E-state index in [2.05, 4.69) is 93.9 Å². The number of epoxide rings is 2. The van der Waals surface area contributed by atoms with Crippen LogP contribution in [0, 0.1) is 0 Å². The van der Waals surface area contributed by atoms with Gasteiger partial charge in [-0.25, -0.2) is 19.6 Å². The van der Waals surface area contributed by atoms with E-state index in [1.54, 1.807) is 26.4 Å². The molecule has 4 aromatic carbocycles. The fourth-order valence-corrected chi connectivity index (χ4v) is 5.75. The third-order valence-electron chi connectivity index (χ3n) is 10.4. The Morgan fingerprint density at radius 3 is 1.22 bits per heavy atom. The summed E-state index contributed by atoms with van der Waals surface area (Å²) in [4.78, 5) is 18.8. The number of ether oxygens (including phenoxy) is 6. The van der Waals surface area contributed by atoms with Gasteiger partial charge in [-0.2, -0.15) is 0 Å². The summed E-state index contributed by atoms with van der Waals surface area (Å²) in [6.07, 6.45) is 4.74. The number of rotatable bonds is 24. The van der Waals surface area contributed by atoms with Crippen molar-refractivity contribution in [2.24, 2.45) is 0 Å². The SMILES string of the molecule is C=CCOOCC(O)CC.C=CCOOCC(O)COc1ccc(C(C)(C)c2ccc(OC)cc2)cc1.CCC1CO1.COc1ccc(C(C)(C)c2ccc(OCC3CO3)cc2)cc1. The van der Waals surface area contributed by atoms with Gasteiger partial charge in [0.25, 0.3) is 0 Å². The Balaban J connectivity index is 0.000000261. The molecule has 4 unspecified atom stereocenters. The molecule has 0 amide bonds. The highest BCUT2D eigenvalue weighted by Crippen LogP contribution is 2.35. The molecule has 2 saturated heterocycles. The molecule has 2 aliphatic heterocycles. The molecule has 0 bridgehead atoms. The lowest BCUT2D eigenvalue weighted by molar-refractivity contribution is -0.298. The van der Waals surface area contributed by atoms with E-state index in [4.69, 9.17) is 43.3 Å². The van der Waals surface area contributed by atoms with Crippen molar-refractivity contribution in [1.82, 2.24) is 0 Å². The van der Waals surface area contributed by atoms with Gasteiger partial charge in [0.05, 0.1) is 39.6 Å². The average Bonchev–Trinajstić information content (AvgIpc) is 4.28. The first kappa shape index (κ1) is 53.6. The van der Waals surface area contributed by atoms with E-state index < -0.39 is 12.2 Å². The van der Waals surface area contributed by atoms with E-state index in [0.717, 1.165) is 30.5 Å². The number of hydrogen-bond donors (Lipinski definition) is 2. The van der Waals surface area contributed by atoms with Crippen LogP contribution in [0.3, 0.4) is 0 Å². The average molecular weight is 889 g/mol.